The van der Waals surface area contributed by atoms with Gasteiger partial charge in [0.2, 0.25) is 0 Å². The van der Waals surface area contributed by atoms with Gasteiger partial charge in [-0.3, -0.25) is 9.78 Å². The Morgan fingerprint density at radius 1 is 1.52 bits per heavy atom. The zero-order valence-corrected chi connectivity index (χ0v) is 11.8. The van der Waals surface area contributed by atoms with Crippen molar-refractivity contribution in [1.29, 1.82) is 0 Å². The summed E-state index contributed by atoms with van der Waals surface area (Å²) in [7, 11) is 0. The zero-order valence-electron chi connectivity index (χ0n) is 11.8. The summed E-state index contributed by atoms with van der Waals surface area (Å²) >= 11 is 0. The minimum Gasteiger partial charge on any atom is -0.347 e. The predicted molar refractivity (Wildman–Crippen MR) is 79.3 cm³/mol. The first-order valence-electron chi connectivity index (χ1n) is 6.69. The van der Waals surface area contributed by atoms with Gasteiger partial charge in [-0.1, -0.05) is 18.8 Å². The topological polar surface area (TPSA) is 96.7 Å². The molecule has 2 aromatic rings. The number of aromatic amines is 1. The van der Waals surface area contributed by atoms with E-state index in [1.165, 1.54) is 0 Å². The Hall–Kier alpha value is -2.65. The second-order valence-corrected chi connectivity index (χ2v) is 4.34. The molecule has 21 heavy (non-hydrogen) atoms. The first kappa shape index (κ1) is 14.8. The van der Waals surface area contributed by atoms with E-state index in [9.17, 15) is 4.79 Å². The number of hydrogen-bond donors (Lipinski definition) is 3. The van der Waals surface area contributed by atoms with Crippen molar-refractivity contribution in [3.63, 3.8) is 0 Å². The smallest absolute Gasteiger partial charge is 0.253 e. The van der Waals surface area contributed by atoms with E-state index < -0.39 is 0 Å². The molecule has 108 valence electrons. The van der Waals surface area contributed by atoms with Crippen molar-refractivity contribution in [3.05, 3.63) is 47.8 Å². The number of carbonyl (C=O) groups excluding carboxylic acids is 1. The van der Waals surface area contributed by atoms with E-state index in [1.807, 2.05) is 6.92 Å². The van der Waals surface area contributed by atoms with Crippen LogP contribution >= 0.6 is 0 Å². The van der Waals surface area contributed by atoms with Crippen LogP contribution in [0.25, 0.3) is 0 Å². The highest BCUT2D eigenvalue weighted by molar-refractivity contribution is 5.96. The van der Waals surface area contributed by atoms with Gasteiger partial charge in [0.1, 0.15) is 5.82 Å². The highest BCUT2D eigenvalue weighted by Gasteiger charge is 2.17. The fourth-order valence-corrected chi connectivity index (χ4v) is 1.91. The van der Waals surface area contributed by atoms with Crippen molar-refractivity contribution in [2.75, 3.05) is 6.54 Å². The second kappa shape index (κ2) is 7.22. The third-order valence-electron chi connectivity index (χ3n) is 2.95. The molecule has 6 heteroatoms. The molecule has 0 bridgehead atoms. The lowest BCUT2D eigenvalue weighted by Crippen LogP contribution is -2.29. The van der Waals surface area contributed by atoms with E-state index in [1.54, 1.807) is 30.9 Å². The molecule has 0 saturated carbocycles. The Balaban J connectivity index is 2.20. The minimum absolute atomic E-state index is 0.170. The molecule has 0 aliphatic carbocycles. The van der Waals surface area contributed by atoms with Crippen LogP contribution in [0.2, 0.25) is 0 Å². The molecule has 0 radical (unpaired) electrons. The molecule has 0 aliphatic rings. The number of carbonyl (C=O) groups is 1. The molecule has 4 N–H and O–H groups in total. The van der Waals surface area contributed by atoms with Gasteiger partial charge < -0.3 is 16.0 Å². The van der Waals surface area contributed by atoms with Crippen LogP contribution in [0.1, 0.15) is 41.1 Å². The maximum absolute atomic E-state index is 12.4. The summed E-state index contributed by atoms with van der Waals surface area (Å²) in [6, 6.07) is 1.47. The molecule has 0 spiro atoms. The molecule has 6 nitrogen and oxygen atoms in total. The zero-order chi connectivity index (χ0) is 15.1. The van der Waals surface area contributed by atoms with Crippen LogP contribution in [0, 0.1) is 11.8 Å². The molecule has 1 amide bonds. The highest BCUT2D eigenvalue weighted by atomic mass is 16.1. The second-order valence-electron chi connectivity index (χ2n) is 4.34. The molecule has 0 fully saturated rings. The van der Waals surface area contributed by atoms with Gasteiger partial charge in [0.25, 0.3) is 5.91 Å². The quantitative estimate of drug-likeness (QED) is 0.729. The number of nitrogens with zero attached hydrogens (tertiary/aromatic N) is 2. The van der Waals surface area contributed by atoms with E-state index >= 15 is 0 Å². The monoisotopic (exact) mass is 283 g/mol. The third kappa shape index (κ3) is 3.68. The number of amides is 1. The standard InChI is InChI=1S/C15H17N5O/c1-2-13(14-18-8-9-19-14)20-15(21)12-5-7-17-10-11(12)4-3-6-16/h5,7-10,13H,2,6,16H2,1H3,(H,18,19)(H,20,21). The lowest BCUT2D eigenvalue weighted by molar-refractivity contribution is 0.0933. The van der Waals surface area contributed by atoms with Crippen molar-refractivity contribution in [2.45, 2.75) is 19.4 Å². The normalized spacial score (nSPS) is 11.3. The van der Waals surface area contributed by atoms with Crippen molar-refractivity contribution in [2.24, 2.45) is 5.73 Å². The molecule has 2 heterocycles. The average Bonchev–Trinajstić information content (AvgIpc) is 3.04. The van der Waals surface area contributed by atoms with Crippen LogP contribution in [-0.4, -0.2) is 27.4 Å². The fraction of sp³-hybridized carbons (Fsp3) is 0.267. The number of nitrogens with one attached hydrogen (secondary N) is 2. The lowest BCUT2D eigenvalue weighted by atomic mass is 10.1. The van der Waals surface area contributed by atoms with Crippen LogP contribution in [0.15, 0.2) is 30.9 Å². The molecular weight excluding hydrogens is 266 g/mol. The Morgan fingerprint density at radius 3 is 3.05 bits per heavy atom. The molecular formula is C15H17N5O. The van der Waals surface area contributed by atoms with Gasteiger partial charge in [0, 0.05) is 24.8 Å². The maximum Gasteiger partial charge on any atom is 0.253 e. The number of imidazole rings is 1. The van der Waals surface area contributed by atoms with Crippen LogP contribution in [0.4, 0.5) is 0 Å². The molecule has 2 aromatic heterocycles. The summed E-state index contributed by atoms with van der Waals surface area (Å²) in [5.41, 5.74) is 6.41. The van der Waals surface area contributed by atoms with Crippen LogP contribution in [-0.2, 0) is 0 Å². The van der Waals surface area contributed by atoms with Crippen molar-refractivity contribution in [3.8, 4) is 11.8 Å². The van der Waals surface area contributed by atoms with Gasteiger partial charge in [-0.25, -0.2) is 4.98 Å². The van der Waals surface area contributed by atoms with E-state index in [0.29, 0.717) is 11.1 Å². The van der Waals surface area contributed by atoms with Gasteiger partial charge in [-0.2, -0.15) is 0 Å². The Bertz CT molecular complexity index is 654. The Kier molecular flexibility index (Phi) is 5.07. The number of hydrogen-bond acceptors (Lipinski definition) is 4. The van der Waals surface area contributed by atoms with Crippen molar-refractivity contribution in [1.82, 2.24) is 20.3 Å². The van der Waals surface area contributed by atoms with E-state index in [2.05, 4.69) is 32.1 Å². The summed E-state index contributed by atoms with van der Waals surface area (Å²) in [5.74, 6) is 6.12. The Morgan fingerprint density at radius 2 is 2.38 bits per heavy atom. The summed E-state index contributed by atoms with van der Waals surface area (Å²) < 4.78 is 0. The number of rotatable bonds is 4. The van der Waals surface area contributed by atoms with Crippen molar-refractivity contribution >= 4 is 5.91 Å². The summed E-state index contributed by atoms with van der Waals surface area (Å²) in [6.07, 6.45) is 7.25. The first-order valence-corrected chi connectivity index (χ1v) is 6.69. The summed E-state index contributed by atoms with van der Waals surface area (Å²) in [6.45, 7) is 2.22. The number of H-pyrrole nitrogens is 1. The van der Waals surface area contributed by atoms with Gasteiger partial charge in [-0.15, -0.1) is 0 Å². The van der Waals surface area contributed by atoms with Gasteiger partial charge in [-0.05, 0) is 12.5 Å². The van der Waals surface area contributed by atoms with Crippen molar-refractivity contribution < 1.29 is 4.79 Å². The third-order valence-corrected chi connectivity index (χ3v) is 2.95. The van der Waals surface area contributed by atoms with E-state index in [0.717, 1.165) is 12.2 Å². The molecule has 2 rings (SSSR count). The van der Waals surface area contributed by atoms with Crippen LogP contribution in [0.3, 0.4) is 0 Å². The summed E-state index contributed by atoms with van der Waals surface area (Å²) in [4.78, 5) is 23.6. The Labute approximate surface area is 123 Å². The first-order chi connectivity index (χ1) is 10.3. The largest absolute Gasteiger partial charge is 0.347 e. The average molecular weight is 283 g/mol. The molecule has 0 aromatic carbocycles. The molecule has 0 saturated heterocycles. The number of nitrogens with two attached hydrogens (primary N) is 1. The predicted octanol–water partition coefficient (Wildman–Crippen LogP) is 0.996. The van der Waals surface area contributed by atoms with E-state index in [4.69, 9.17) is 5.73 Å². The van der Waals surface area contributed by atoms with Crippen LogP contribution < -0.4 is 11.1 Å². The number of aromatic nitrogens is 3. The summed E-state index contributed by atoms with van der Waals surface area (Å²) in [5, 5.41) is 2.94. The SMILES string of the molecule is CCC(NC(=O)c1ccncc1C#CCN)c1ncc[nH]1. The van der Waals surface area contributed by atoms with Gasteiger partial charge in [0.05, 0.1) is 23.7 Å². The molecule has 0 aliphatic heterocycles. The maximum atomic E-state index is 12.4. The highest BCUT2D eigenvalue weighted by Crippen LogP contribution is 2.14. The molecule has 1 unspecified atom stereocenters. The molecule has 1 atom stereocenters. The lowest BCUT2D eigenvalue weighted by Gasteiger charge is -2.15. The number of pyridine rings is 1. The fourth-order valence-electron chi connectivity index (χ4n) is 1.91. The van der Waals surface area contributed by atoms with Crippen LogP contribution in [0.5, 0.6) is 0 Å². The minimum atomic E-state index is -0.207. The van der Waals surface area contributed by atoms with Gasteiger partial charge in [0.15, 0.2) is 0 Å². The van der Waals surface area contributed by atoms with Gasteiger partial charge >= 0.3 is 0 Å². The van der Waals surface area contributed by atoms with E-state index in [-0.39, 0.29) is 18.5 Å².